The molecule has 9 aromatic rings. The SMILES string of the molecule is c1ccc(-c2ccc(-c3ccc(N(c4ccc(-c5c(-c6ccccc6)ccc6ccccc56)cc4)c4cccc(-c5ccccc5)c4)cc3)cc2)cc1. The van der Waals surface area contributed by atoms with Crippen LogP contribution in [-0.4, -0.2) is 0 Å². The third-order valence-corrected chi connectivity index (χ3v) is 10.1. The van der Waals surface area contributed by atoms with Crippen LogP contribution in [0.3, 0.4) is 0 Å². The van der Waals surface area contributed by atoms with Gasteiger partial charge in [0.25, 0.3) is 0 Å². The molecule has 0 spiro atoms. The Hall–Kier alpha value is -6.96. The lowest BCUT2D eigenvalue weighted by Gasteiger charge is -2.26. The lowest BCUT2D eigenvalue weighted by Crippen LogP contribution is -2.10. The van der Waals surface area contributed by atoms with Crippen LogP contribution in [0.5, 0.6) is 0 Å². The van der Waals surface area contributed by atoms with Crippen molar-refractivity contribution in [1.82, 2.24) is 0 Å². The van der Waals surface area contributed by atoms with E-state index in [2.05, 4.69) is 229 Å². The van der Waals surface area contributed by atoms with Crippen LogP contribution >= 0.6 is 0 Å². The lowest BCUT2D eigenvalue weighted by atomic mass is 9.89. The molecule has 0 radical (unpaired) electrons. The van der Waals surface area contributed by atoms with Gasteiger partial charge in [-0.2, -0.15) is 0 Å². The standard InChI is InChI=1S/C52H37N/c1-4-13-38(14-5-1)40-23-25-41(26-24-40)42-27-32-47(33-28-42)53(49-21-12-20-46(37-49)39-15-6-2-7-16-39)48-34-29-45(30-35-48)52-50-22-11-10-19-44(50)31-36-51(52)43-17-8-3-9-18-43/h1-37H. The number of fused-ring (bicyclic) bond motifs is 1. The Morgan fingerprint density at radius 3 is 1.26 bits per heavy atom. The summed E-state index contributed by atoms with van der Waals surface area (Å²) in [5.74, 6) is 0. The van der Waals surface area contributed by atoms with Gasteiger partial charge >= 0.3 is 0 Å². The van der Waals surface area contributed by atoms with Gasteiger partial charge in [0.05, 0.1) is 0 Å². The van der Waals surface area contributed by atoms with Crippen molar-refractivity contribution in [2.24, 2.45) is 0 Å². The van der Waals surface area contributed by atoms with Crippen molar-refractivity contribution in [2.45, 2.75) is 0 Å². The van der Waals surface area contributed by atoms with Crippen LogP contribution in [-0.2, 0) is 0 Å². The van der Waals surface area contributed by atoms with Crippen LogP contribution in [0.2, 0.25) is 0 Å². The maximum atomic E-state index is 2.36. The summed E-state index contributed by atoms with van der Waals surface area (Å²) in [4.78, 5) is 2.36. The average molecular weight is 676 g/mol. The van der Waals surface area contributed by atoms with Gasteiger partial charge in [0.15, 0.2) is 0 Å². The minimum Gasteiger partial charge on any atom is -0.310 e. The second kappa shape index (κ2) is 14.3. The summed E-state index contributed by atoms with van der Waals surface area (Å²) >= 11 is 0. The first-order chi connectivity index (χ1) is 26.3. The van der Waals surface area contributed by atoms with Crippen molar-refractivity contribution < 1.29 is 0 Å². The molecule has 0 aromatic heterocycles. The maximum Gasteiger partial charge on any atom is 0.0467 e. The molecule has 0 atom stereocenters. The molecule has 0 aliphatic rings. The zero-order valence-corrected chi connectivity index (χ0v) is 29.3. The molecule has 1 nitrogen and oxygen atoms in total. The monoisotopic (exact) mass is 675 g/mol. The van der Waals surface area contributed by atoms with Crippen LogP contribution in [0.4, 0.5) is 17.1 Å². The number of rotatable bonds is 8. The summed E-state index contributed by atoms with van der Waals surface area (Å²) in [5.41, 5.74) is 15.4. The molecule has 0 N–H and O–H groups in total. The molecular formula is C52H37N. The molecule has 0 heterocycles. The molecule has 0 fully saturated rings. The van der Waals surface area contributed by atoms with E-state index in [1.807, 2.05) is 0 Å². The van der Waals surface area contributed by atoms with Crippen LogP contribution in [0, 0.1) is 0 Å². The fourth-order valence-corrected chi connectivity index (χ4v) is 7.41. The number of anilines is 3. The Kier molecular flexibility index (Phi) is 8.66. The van der Waals surface area contributed by atoms with E-state index in [9.17, 15) is 0 Å². The number of benzene rings is 9. The van der Waals surface area contributed by atoms with Gasteiger partial charge in [-0.15, -0.1) is 0 Å². The van der Waals surface area contributed by atoms with Crippen LogP contribution in [0.25, 0.3) is 66.4 Å². The maximum absolute atomic E-state index is 2.36. The first-order valence-electron chi connectivity index (χ1n) is 18.2. The molecule has 9 aromatic carbocycles. The van der Waals surface area contributed by atoms with Crippen LogP contribution in [0.1, 0.15) is 0 Å². The van der Waals surface area contributed by atoms with E-state index in [0.29, 0.717) is 0 Å². The van der Waals surface area contributed by atoms with Crippen molar-refractivity contribution in [3.8, 4) is 55.6 Å². The second-order valence-electron chi connectivity index (χ2n) is 13.4. The fourth-order valence-electron chi connectivity index (χ4n) is 7.41. The molecular weight excluding hydrogens is 639 g/mol. The predicted octanol–water partition coefficient (Wildman–Crippen LogP) is 14.6. The van der Waals surface area contributed by atoms with E-state index in [1.165, 1.54) is 66.4 Å². The molecule has 0 bridgehead atoms. The Morgan fingerprint density at radius 1 is 0.245 bits per heavy atom. The second-order valence-corrected chi connectivity index (χ2v) is 13.4. The van der Waals surface area contributed by atoms with Gasteiger partial charge in [-0.1, -0.05) is 188 Å². The van der Waals surface area contributed by atoms with Crippen molar-refractivity contribution in [2.75, 3.05) is 4.90 Å². The highest BCUT2D eigenvalue weighted by atomic mass is 15.1. The van der Waals surface area contributed by atoms with Gasteiger partial charge in [-0.25, -0.2) is 0 Å². The van der Waals surface area contributed by atoms with Crippen molar-refractivity contribution in [1.29, 1.82) is 0 Å². The van der Waals surface area contributed by atoms with Gasteiger partial charge in [0.1, 0.15) is 0 Å². The Balaban J connectivity index is 1.12. The van der Waals surface area contributed by atoms with E-state index in [0.717, 1.165) is 17.1 Å². The fraction of sp³-hybridized carbons (Fsp3) is 0. The summed E-state index contributed by atoms with van der Waals surface area (Å²) in [6.45, 7) is 0. The number of nitrogens with zero attached hydrogens (tertiary/aromatic N) is 1. The summed E-state index contributed by atoms with van der Waals surface area (Å²) in [6.07, 6.45) is 0. The largest absolute Gasteiger partial charge is 0.310 e. The third kappa shape index (κ3) is 6.53. The Labute approximate surface area is 311 Å². The molecule has 0 unspecified atom stereocenters. The van der Waals surface area contributed by atoms with Gasteiger partial charge in [0, 0.05) is 17.1 Å². The molecule has 0 aliphatic heterocycles. The first-order valence-corrected chi connectivity index (χ1v) is 18.2. The van der Waals surface area contributed by atoms with Gasteiger partial charge in [-0.05, 0) is 103 Å². The summed E-state index contributed by atoms with van der Waals surface area (Å²) in [7, 11) is 0. The Morgan fingerprint density at radius 2 is 0.679 bits per heavy atom. The summed E-state index contributed by atoms with van der Waals surface area (Å²) < 4.78 is 0. The minimum absolute atomic E-state index is 1.10. The molecule has 0 amide bonds. The van der Waals surface area contributed by atoms with Crippen molar-refractivity contribution >= 4 is 27.8 Å². The number of hydrogen-bond acceptors (Lipinski definition) is 1. The highest BCUT2D eigenvalue weighted by Gasteiger charge is 2.16. The highest BCUT2D eigenvalue weighted by Crippen LogP contribution is 2.42. The van der Waals surface area contributed by atoms with E-state index in [-0.39, 0.29) is 0 Å². The smallest absolute Gasteiger partial charge is 0.0467 e. The summed E-state index contributed by atoms with van der Waals surface area (Å²) in [5, 5.41) is 2.49. The van der Waals surface area contributed by atoms with E-state index in [1.54, 1.807) is 0 Å². The van der Waals surface area contributed by atoms with Crippen molar-refractivity contribution in [3.05, 3.63) is 224 Å². The predicted molar refractivity (Wildman–Crippen MR) is 226 cm³/mol. The van der Waals surface area contributed by atoms with Crippen LogP contribution < -0.4 is 4.90 Å². The molecule has 53 heavy (non-hydrogen) atoms. The van der Waals surface area contributed by atoms with Crippen molar-refractivity contribution in [3.63, 3.8) is 0 Å². The zero-order valence-electron chi connectivity index (χ0n) is 29.3. The highest BCUT2D eigenvalue weighted by molar-refractivity contribution is 6.04. The van der Waals surface area contributed by atoms with E-state index < -0.39 is 0 Å². The minimum atomic E-state index is 1.10. The number of hydrogen-bond donors (Lipinski definition) is 0. The average Bonchev–Trinajstić information content (AvgIpc) is 3.25. The topological polar surface area (TPSA) is 3.24 Å². The molecule has 9 rings (SSSR count). The molecule has 0 saturated heterocycles. The molecule has 0 aliphatic carbocycles. The first kappa shape index (κ1) is 32.0. The normalized spacial score (nSPS) is 11.0. The lowest BCUT2D eigenvalue weighted by molar-refractivity contribution is 1.28. The zero-order chi connectivity index (χ0) is 35.4. The van der Waals surface area contributed by atoms with Crippen LogP contribution in [0.15, 0.2) is 224 Å². The quantitative estimate of drug-likeness (QED) is 0.155. The van der Waals surface area contributed by atoms with E-state index >= 15 is 0 Å². The van der Waals surface area contributed by atoms with Gasteiger partial charge in [-0.3, -0.25) is 0 Å². The van der Waals surface area contributed by atoms with E-state index in [4.69, 9.17) is 0 Å². The molecule has 1 heteroatoms. The molecule has 0 saturated carbocycles. The Bertz CT molecular complexity index is 2610. The molecule has 250 valence electrons. The van der Waals surface area contributed by atoms with Gasteiger partial charge in [0.2, 0.25) is 0 Å². The van der Waals surface area contributed by atoms with Gasteiger partial charge < -0.3 is 4.90 Å². The third-order valence-electron chi connectivity index (χ3n) is 10.1. The summed E-state index contributed by atoms with van der Waals surface area (Å²) in [6, 6.07) is 80.7.